The van der Waals surface area contributed by atoms with Crippen LogP contribution in [-0.2, 0) is 22.5 Å². The number of methoxy groups -OCH3 is 2. The Labute approximate surface area is 180 Å². The topological polar surface area (TPSA) is 62.1 Å². The van der Waals surface area contributed by atoms with Crippen molar-refractivity contribution >= 4 is 27.5 Å². The van der Waals surface area contributed by atoms with Gasteiger partial charge in [0.2, 0.25) is 0 Å². The average molecular weight is 429 g/mol. The molecule has 0 bridgehead atoms. The number of carbonyl (C=O) groups excluding carboxylic acids is 1. The maximum atomic E-state index is 12.8. The number of aromatic nitrogens is 1. The average Bonchev–Trinajstić information content (AvgIpc) is 3.05. The van der Waals surface area contributed by atoms with Crippen molar-refractivity contribution in [1.82, 2.24) is 4.57 Å². The molecule has 0 N–H and O–H groups in total. The molecule has 0 atom stereocenters. The zero-order valence-electron chi connectivity index (χ0n) is 18.2. The number of amides is 1. The third-order valence-corrected chi connectivity index (χ3v) is 5.95. The minimum Gasteiger partial charge on any atom is -0.493 e. The Hall–Kier alpha value is -2.64. The van der Waals surface area contributed by atoms with Crippen LogP contribution in [0.5, 0.6) is 11.5 Å². The lowest BCUT2D eigenvalue weighted by molar-refractivity contribution is -0.117. The summed E-state index contributed by atoms with van der Waals surface area (Å²) in [6.45, 7) is 7.80. The molecular formula is C23H28N2O4S. The third kappa shape index (κ3) is 4.91. The Bertz CT molecular complexity index is 1110. The first-order valence-electron chi connectivity index (χ1n) is 9.93. The first-order valence-corrected chi connectivity index (χ1v) is 10.7. The highest BCUT2D eigenvalue weighted by Gasteiger charge is 2.14. The summed E-state index contributed by atoms with van der Waals surface area (Å²) in [7, 11) is 3.22. The predicted octanol–water partition coefficient (Wildman–Crippen LogP) is 4.04. The number of nitrogens with zero attached hydrogens (tertiary/aromatic N) is 2. The Morgan fingerprint density at radius 3 is 2.50 bits per heavy atom. The van der Waals surface area contributed by atoms with E-state index < -0.39 is 0 Å². The molecule has 0 saturated heterocycles. The Morgan fingerprint density at radius 2 is 1.83 bits per heavy atom. The van der Waals surface area contributed by atoms with Crippen molar-refractivity contribution < 1.29 is 19.0 Å². The van der Waals surface area contributed by atoms with Crippen LogP contribution in [0, 0.1) is 13.8 Å². The normalized spacial score (nSPS) is 11.8. The minimum atomic E-state index is -0.169. The predicted molar refractivity (Wildman–Crippen MR) is 120 cm³/mol. The van der Waals surface area contributed by atoms with Crippen molar-refractivity contribution in [2.75, 3.05) is 27.4 Å². The van der Waals surface area contributed by atoms with E-state index in [0.717, 1.165) is 21.3 Å². The molecule has 0 aliphatic rings. The Morgan fingerprint density at radius 1 is 1.10 bits per heavy atom. The highest BCUT2D eigenvalue weighted by atomic mass is 32.1. The Kier molecular flexibility index (Phi) is 7.29. The molecule has 2 aromatic carbocycles. The zero-order valence-corrected chi connectivity index (χ0v) is 19.0. The minimum absolute atomic E-state index is 0.169. The molecular weight excluding hydrogens is 400 g/mol. The molecule has 0 aliphatic heterocycles. The quantitative estimate of drug-likeness (QED) is 0.508. The fourth-order valence-electron chi connectivity index (χ4n) is 3.35. The number of carbonyl (C=O) groups is 1. The maximum absolute atomic E-state index is 12.8. The lowest BCUT2D eigenvalue weighted by atomic mass is 10.0. The van der Waals surface area contributed by atoms with Crippen LogP contribution in [0.3, 0.4) is 0 Å². The Balaban J connectivity index is 2.03. The van der Waals surface area contributed by atoms with Crippen LogP contribution in [0.25, 0.3) is 10.2 Å². The molecule has 6 nitrogen and oxygen atoms in total. The van der Waals surface area contributed by atoms with Gasteiger partial charge in [-0.3, -0.25) is 4.79 Å². The van der Waals surface area contributed by atoms with Gasteiger partial charge in [0.15, 0.2) is 16.3 Å². The highest BCUT2D eigenvalue weighted by molar-refractivity contribution is 7.16. The van der Waals surface area contributed by atoms with E-state index in [1.54, 1.807) is 14.2 Å². The molecule has 30 heavy (non-hydrogen) atoms. The van der Waals surface area contributed by atoms with Crippen LogP contribution >= 0.6 is 11.3 Å². The standard InChI is InChI=1S/C23H28N2O4S/c1-6-29-10-9-25-18-13-19(27-4)20(28-5)14-21(18)30-23(25)24-22(26)12-17-8-7-15(2)11-16(17)3/h7-8,11,13-14H,6,9-10,12H2,1-5H3. The molecule has 1 amide bonds. The van der Waals surface area contributed by atoms with Crippen molar-refractivity contribution in [3.63, 3.8) is 0 Å². The third-order valence-electron chi connectivity index (χ3n) is 4.91. The van der Waals surface area contributed by atoms with E-state index in [-0.39, 0.29) is 12.3 Å². The molecule has 0 fully saturated rings. The van der Waals surface area contributed by atoms with Gasteiger partial charge in [-0.15, -0.1) is 0 Å². The molecule has 3 aromatic rings. The second-order valence-electron chi connectivity index (χ2n) is 7.02. The smallest absolute Gasteiger partial charge is 0.252 e. The van der Waals surface area contributed by atoms with Crippen LogP contribution < -0.4 is 14.3 Å². The van der Waals surface area contributed by atoms with Crippen LogP contribution in [-0.4, -0.2) is 37.9 Å². The lowest BCUT2D eigenvalue weighted by Gasteiger charge is -2.09. The monoisotopic (exact) mass is 428 g/mol. The van der Waals surface area contributed by atoms with Crippen molar-refractivity contribution in [1.29, 1.82) is 0 Å². The van der Waals surface area contributed by atoms with E-state index in [2.05, 4.69) is 11.1 Å². The summed E-state index contributed by atoms with van der Waals surface area (Å²) in [5.74, 6) is 1.12. The van der Waals surface area contributed by atoms with Gasteiger partial charge in [0, 0.05) is 25.3 Å². The number of benzene rings is 2. The van der Waals surface area contributed by atoms with Gasteiger partial charge in [-0.25, -0.2) is 0 Å². The van der Waals surface area contributed by atoms with Crippen molar-refractivity contribution in [2.45, 2.75) is 33.7 Å². The van der Waals surface area contributed by atoms with Gasteiger partial charge in [0.25, 0.3) is 5.91 Å². The molecule has 160 valence electrons. The first kappa shape index (κ1) is 22.1. The number of aryl methyl sites for hydroxylation is 2. The van der Waals surface area contributed by atoms with Crippen molar-refractivity contribution in [3.05, 3.63) is 51.8 Å². The lowest BCUT2D eigenvalue weighted by Crippen LogP contribution is -2.20. The van der Waals surface area contributed by atoms with Gasteiger partial charge >= 0.3 is 0 Å². The summed E-state index contributed by atoms with van der Waals surface area (Å²) in [5.41, 5.74) is 4.23. The number of hydrogen-bond acceptors (Lipinski definition) is 5. The maximum Gasteiger partial charge on any atom is 0.252 e. The number of fused-ring (bicyclic) bond motifs is 1. The first-order chi connectivity index (χ1) is 14.5. The largest absolute Gasteiger partial charge is 0.493 e. The van der Waals surface area contributed by atoms with Gasteiger partial charge in [0.1, 0.15) is 0 Å². The second kappa shape index (κ2) is 9.91. The van der Waals surface area contributed by atoms with E-state index in [0.29, 0.717) is 36.1 Å². The van der Waals surface area contributed by atoms with Gasteiger partial charge in [0.05, 0.1) is 37.5 Å². The fourth-order valence-corrected chi connectivity index (χ4v) is 4.44. The number of ether oxygens (including phenoxy) is 3. The van der Waals surface area contributed by atoms with Gasteiger partial charge < -0.3 is 18.8 Å². The summed E-state index contributed by atoms with van der Waals surface area (Å²) < 4.78 is 19.4. The van der Waals surface area contributed by atoms with E-state index in [1.165, 1.54) is 16.9 Å². The van der Waals surface area contributed by atoms with E-state index in [1.807, 2.05) is 49.6 Å². The second-order valence-corrected chi connectivity index (χ2v) is 8.03. The molecule has 0 unspecified atom stereocenters. The SMILES string of the molecule is CCOCCn1c(=NC(=O)Cc2ccc(C)cc2C)sc2cc(OC)c(OC)cc21. The summed E-state index contributed by atoms with van der Waals surface area (Å²) in [6.07, 6.45) is 0.276. The molecule has 7 heteroatoms. The van der Waals surface area contributed by atoms with E-state index >= 15 is 0 Å². The van der Waals surface area contributed by atoms with Crippen molar-refractivity contribution in [3.8, 4) is 11.5 Å². The molecule has 0 aliphatic carbocycles. The summed E-state index contributed by atoms with van der Waals surface area (Å²) in [4.78, 5) is 17.9. The summed E-state index contributed by atoms with van der Waals surface area (Å²) >= 11 is 1.46. The van der Waals surface area contributed by atoms with Crippen LogP contribution in [0.1, 0.15) is 23.6 Å². The van der Waals surface area contributed by atoms with Gasteiger partial charge in [-0.1, -0.05) is 35.1 Å². The fraction of sp³-hybridized carbons (Fsp3) is 0.391. The number of rotatable bonds is 8. The molecule has 1 heterocycles. The van der Waals surface area contributed by atoms with E-state index in [9.17, 15) is 4.79 Å². The molecule has 0 spiro atoms. The van der Waals surface area contributed by atoms with Crippen molar-refractivity contribution in [2.24, 2.45) is 4.99 Å². The van der Waals surface area contributed by atoms with Gasteiger partial charge in [-0.05, 0) is 31.9 Å². The van der Waals surface area contributed by atoms with Crippen LogP contribution in [0.4, 0.5) is 0 Å². The highest BCUT2D eigenvalue weighted by Crippen LogP contribution is 2.33. The molecule has 1 aromatic heterocycles. The number of thiazole rings is 1. The summed E-state index contributed by atoms with van der Waals surface area (Å²) in [6, 6.07) is 9.95. The number of hydrogen-bond donors (Lipinski definition) is 0. The zero-order chi connectivity index (χ0) is 21.7. The van der Waals surface area contributed by atoms with Crippen LogP contribution in [0.15, 0.2) is 35.3 Å². The van der Waals surface area contributed by atoms with Gasteiger partial charge in [-0.2, -0.15) is 4.99 Å². The van der Waals surface area contributed by atoms with E-state index in [4.69, 9.17) is 14.2 Å². The molecule has 3 rings (SSSR count). The van der Waals surface area contributed by atoms with Crippen LogP contribution in [0.2, 0.25) is 0 Å². The molecule has 0 radical (unpaired) electrons. The summed E-state index contributed by atoms with van der Waals surface area (Å²) in [5, 5.41) is 0. The molecule has 0 saturated carbocycles.